The third-order valence-electron chi connectivity index (χ3n) is 9.34. The Morgan fingerprint density at radius 1 is 1.10 bits per heavy atom. The van der Waals surface area contributed by atoms with Crippen molar-refractivity contribution in [1.82, 2.24) is 23.4 Å². The van der Waals surface area contributed by atoms with E-state index in [1.807, 2.05) is 56.5 Å². The average molecular weight is 742 g/mol. The second kappa shape index (κ2) is 16.3. The molecule has 4 heterocycles. The molecule has 0 spiro atoms. The van der Waals surface area contributed by atoms with Crippen molar-refractivity contribution in [2.75, 3.05) is 34.0 Å². The molecule has 1 aliphatic heterocycles. The van der Waals surface area contributed by atoms with E-state index in [9.17, 15) is 9.00 Å². The monoisotopic (exact) mass is 741 g/mol. The summed E-state index contributed by atoms with van der Waals surface area (Å²) in [6.45, 7) is 14.9. The second-order valence-corrected chi connectivity index (χ2v) is 23.3. The van der Waals surface area contributed by atoms with Crippen LogP contribution in [0.1, 0.15) is 70.6 Å². The number of benzene rings is 1. The first-order valence-corrected chi connectivity index (χ1v) is 22.6. The highest BCUT2D eigenvalue weighted by Crippen LogP contribution is 2.39. The molecule has 1 saturated heterocycles. The zero-order valence-electron chi connectivity index (χ0n) is 31.7. The van der Waals surface area contributed by atoms with Gasteiger partial charge in [-0.2, -0.15) is 0 Å². The molecule has 1 aromatic carbocycles. The average Bonchev–Trinajstić information content (AvgIpc) is 3.87. The number of hydrogen-bond donors (Lipinski definition) is 0. The summed E-state index contributed by atoms with van der Waals surface area (Å²) in [7, 11) is 2.67. The summed E-state index contributed by atoms with van der Waals surface area (Å²) < 4.78 is 49.0. The molecule has 1 fully saturated rings. The Morgan fingerprint density at radius 3 is 2.49 bits per heavy atom. The Hall–Kier alpha value is -3.14. The number of methoxy groups -OCH3 is 1. The summed E-state index contributed by atoms with van der Waals surface area (Å²) in [6, 6.07) is 8.10. The van der Waals surface area contributed by atoms with Gasteiger partial charge in [-0.05, 0) is 57.2 Å². The van der Waals surface area contributed by atoms with Crippen molar-refractivity contribution in [2.24, 2.45) is 7.05 Å². The van der Waals surface area contributed by atoms with Gasteiger partial charge < -0.3 is 32.5 Å². The fraction of sp³-hybridized carbons (Fsp3) is 0.595. The molecule has 2 atom stereocenters. The number of aromatic nitrogens is 4. The Morgan fingerprint density at radius 2 is 1.84 bits per heavy atom. The van der Waals surface area contributed by atoms with Crippen LogP contribution >= 0.6 is 0 Å². The molecule has 1 aliphatic rings. The fourth-order valence-electron chi connectivity index (χ4n) is 6.45. The van der Waals surface area contributed by atoms with E-state index in [4.69, 9.17) is 28.3 Å². The lowest BCUT2D eigenvalue weighted by molar-refractivity contribution is -0.187. The van der Waals surface area contributed by atoms with Crippen LogP contribution in [-0.2, 0) is 44.8 Å². The molecule has 0 aliphatic carbocycles. The molecule has 14 heteroatoms. The van der Waals surface area contributed by atoms with Gasteiger partial charge in [0.25, 0.3) is 11.4 Å². The highest BCUT2D eigenvalue weighted by Gasteiger charge is 2.42. The normalized spacial score (nSPS) is 16.3. The number of rotatable bonds is 17. The predicted molar refractivity (Wildman–Crippen MR) is 203 cm³/mol. The Balaban J connectivity index is 1.48. The third-order valence-corrected chi connectivity index (χ3v) is 12.9. The second-order valence-electron chi connectivity index (χ2n) is 15.4. The van der Waals surface area contributed by atoms with E-state index in [1.54, 1.807) is 37.3 Å². The first-order chi connectivity index (χ1) is 24.1. The number of nitrogens with zero attached hydrogens (tertiary/aromatic N) is 5. The molecule has 0 saturated carbocycles. The van der Waals surface area contributed by atoms with Crippen molar-refractivity contribution >= 4 is 30.0 Å². The van der Waals surface area contributed by atoms with Crippen molar-refractivity contribution in [3.05, 3.63) is 65.0 Å². The van der Waals surface area contributed by atoms with E-state index in [0.29, 0.717) is 44.3 Å². The van der Waals surface area contributed by atoms with Gasteiger partial charge in [-0.25, -0.2) is 18.5 Å². The quantitative estimate of drug-likeness (QED) is 0.0832. The zero-order valence-corrected chi connectivity index (χ0v) is 33.5. The molecule has 4 aromatic rings. The first-order valence-electron chi connectivity index (χ1n) is 17.8. The fourth-order valence-corrected chi connectivity index (χ4v) is 8.50. The maximum absolute atomic E-state index is 14.0. The lowest BCUT2D eigenvalue weighted by atomic mass is 10.0. The van der Waals surface area contributed by atoms with Crippen LogP contribution in [0, 0.1) is 0 Å². The van der Waals surface area contributed by atoms with E-state index in [1.165, 1.54) is 0 Å². The predicted octanol–water partition coefficient (Wildman–Crippen LogP) is 7.00. The molecular weight excluding hydrogens is 687 g/mol. The number of hydrogen-bond acceptors (Lipinski definition) is 9. The molecule has 3 aromatic heterocycles. The van der Waals surface area contributed by atoms with Gasteiger partial charge >= 0.3 is 0 Å². The van der Waals surface area contributed by atoms with Gasteiger partial charge in [0.1, 0.15) is 35.6 Å². The number of oxazole rings is 1. The highest BCUT2D eigenvalue weighted by atomic mass is 32.2. The van der Waals surface area contributed by atoms with E-state index >= 15 is 0 Å². The highest BCUT2D eigenvalue weighted by molar-refractivity contribution is 7.84. The van der Waals surface area contributed by atoms with Gasteiger partial charge in [0.05, 0.1) is 54.7 Å². The van der Waals surface area contributed by atoms with Crippen LogP contribution in [0.2, 0.25) is 25.7 Å². The zero-order chi connectivity index (χ0) is 37.0. The molecule has 0 amide bonds. The minimum absolute atomic E-state index is 0.0887. The lowest BCUT2D eigenvalue weighted by Crippen LogP contribution is -2.38. The molecular formula is C37H55N5O7SSi. The number of aryl methyl sites for hydroxylation is 1. The number of ether oxygens (including phenoxy) is 4. The topological polar surface area (TPSA) is 123 Å². The summed E-state index contributed by atoms with van der Waals surface area (Å²) in [6.07, 6.45) is 8.92. The minimum Gasteiger partial charge on any atom is -0.496 e. The lowest BCUT2D eigenvalue weighted by Gasteiger charge is -2.32. The van der Waals surface area contributed by atoms with E-state index in [-0.39, 0.29) is 18.3 Å². The van der Waals surface area contributed by atoms with E-state index in [0.717, 1.165) is 53.3 Å². The third kappa shape index (κ3) is 9.09. The van der Waals surface area contributed by atoms with Gasteiger partial charge in [0.15, 0.2) is 0 Å². The molecule has 12 nitrogen and oxygen atoms in total. The van der Waals surface area contributed by atoms with Crippen molar-refractivity contribution in [3.63, 3.8) is 0 Å². The van der Waals surface area contributed by atoms with E-state index in [2.05, 4.69) is 29.2 Å². The molecule has 280 valence electrons. The SMILES string of the molecule is COc1cc2c(ccc(=O)n2C)cc1-c1cnc([C@H](CCCCCC2(c3ncco3)OCCO2)N(C)[S@@](=O)C(C)(C)C)n1COCC[Si](C)(C)C. The van der Waals surface area contributed by atoms with Crippen molar-refractivity contribution in [2.45, 2.75) is 102 Å². The van der Waals surface area contributed by atoms with Crippen LogP contribution in [0.3, 0.4) is 0 Å². The van der Waals surface area contributed by atoms with Crippen LogP contribution in [0.5, 0.6) is 5.75 Å². The van der Waals surface area contributed by atoms with Crippen molar-refractivity contribution in [3.8, 4) is 17.0 Å². The van der Waals surface area contributed by atoms with Gasteiger partial charge in [0.2, 0.25) is 5.79 Å². The smallest absolute Gasteiger partial charge is 0.255 e. The van der Waals surface area contributed by atoms with Crippen LogP contribution < -0.4 is 10.3 Å². The molecule has 0 unspecified atom stereocenters. The van der Waals surface area contributed by atoms with Crippen molar-refractivity contribution < 1.29 is 27.6 Å². The Bertz CT molecular complexity index is 1840. The van der Waals surface area contributed by atoms with Crippen LogP contribution in [0.25, 0.3) is 22.2 Å². The Kier molecular flexibility index (Phi) is 12.5. The largest absolute Gasteiger partial charge is 0.496 e. The standard InChI is InChI=1S/C37H55N5O7SSi/c1-36(2,3)50(44)41(5)29(13-11-10-12-16-37(48-19-20-49-37)35-38-17-18-47-35)34-39-25-31(42(34)26-46-21-22-51(7,8)9)28-23-27-14-15-33(43)40(4)30(27)24-32(28)45-6/h14-15,17-18,23-25,29H,10-13,16,19-22,26H2,1-9H3/t29-,50-/m0/s1. The molecule has 51 heavy (non-hydrogen) atoms. The van der Waals surface area contributed by atoms with Gasteiger partial charge in [-0.1, -0.05) is 32.5 Å². The summed E-state index contributed by atoms with van der Waals surface area (Å²) in [5.41, 5.74) is 2.35. The molecule has 0 bridgehead atoms. The maximum Gasteiger partial charge on any atom is 0.255 e. The number of pyridine rings is 1. The van der Waals surface area contributed by atoms with Gasteiger partial charge in [0, 0.05) is 52.9 Å². The maximum atomic E-state index is 14.0. The first kappa shape index (κ1) is 39.1. The van der Waals surface area contributed by atoms with Gasteiger partial charge in [-0.15, -0.1) is 0 Å². The molecule has 0 N–H and O–H groups in total. The Labute approximate surface area is 305 Å². The summed E-state index contributed by atoms with van der Waals surface area (Å²) in [5, 5.41) is 0.905. The number of imidazole rings is 1. The van der Waals surface area contributed by atoms with Crippen LogP contribution in [-0.4, -0.2) is 74.4 Å². The van der Waals surface area contributed by atoms with E-state index < -0.39 is 29.6 Å². The number of fused-ring (bicyclic) bond motifs is 1. The van der Waals surface area contributed by atoms with Gasteiger partial charge in [-0.3, -0.25) is 4.79 Å². The van der Waals surface area contributed by atoms with Crippen LogP contribution in [0.15, 0.2) is 52.1 Å². The van der Waals surface area contributed by atoms with Crippen molar-refractivity contribution in [1.29, 1.82) is 0 Å². The minimum atomic E-state index is -1.33. The number of unbranched alkanes of at least 4 members (excludes halogenated alkanes) is 2. The molecule has 0 radical (unpaired) electrons. The van der Waals surface area contributed by atoms with Crippen LogP contribution in [0.4, 0.5) is 0 Å². The summed E-state index contributed by atoms with van der Waals surface area (Å²) >= 11 is 0. The molecule has 5 rings (SSSR count). The summed E-state index contributed by atoms with van der Waals surface area (Å²) in [4.78, 5) is 21.8. The summed E-state index contributed by atoms with van der Waals surface area (Å²) in [5.74, 6) is 0.905.